The van der Waals surface area contributed by atoms with Gasteiger partial charge in [0.1, 0.15) is 0 Å². The highest BCUT2D eigenvalue weighted by atomic mass is 15.2. The van der Waals surface area contributed by atoms with Crippen molar-refractivity contribution in [2.75, 3.05) is 11.4 Å². The van der Waals surface area contributed by atoms with E-state index in [1.54, 1.807) is 0 Å². The molecular formula is C18H28N2. The van der Waals surface area contributed by atoms with E-state index in [-0.39, 0.29) is 0 Å². The second-order valence-electron chi connectivity index (χ2n) is 6.43. The maximum absolute atomic E-state index is 3.66. The number of anilines is 1. The molecule has 2 saturated heterocycles. The second kappa shape index (κ2) is 6.17. The monoisotopic (exact) mass is 272 g/mol. The third kappa shape index (κ3) is 2.71. The van der Waals surface area contributed by atoms with Gasteiger partial charge in [0, 0.05) is 23.8 Å². The summed E-state index contributed by atoms with van der Waals surface area (Å²) in [6.07, 6.45) is 7.84. The van der Waals surface area contributed by atoms with Gasteiger partial charge >= 0.3 is 0 Å². The highest BCUT2D eigenvalue weighted by Crippen LogP contribution is 2.39. The molecule has 20 heavy (non-hydrogen) atoms. The summed E-state index contributed by atoms with van der Waals surface area (Å²) >= 11 is 0. The lowest BCUT2D eigenvalue weighted by atomic mass is 9.96. The minimum atomic E-state index is 0.744. The van der Waals surface area contributed by atoms with Crippen LogP contribution in [-0.2, 0) is 6.42 Å². The van der Waals surface area contributed by atoms with E-state index in [1.165, 1.54) is 49.8 Å². The Bertz CT molecular complexity index is 412. The van der Waals surface area contributed by atoms with Crippen molar-refractivity contribution < 1.29 is 0 Å². The van der Waals surface area contributed by atoms with E-state index < -0.39 is 0 Å². The van der Waals surface area contributed by atoms with Crippen molar-refractivity contribution in [2.24, 2.45) is 0 Å². The fraction of sp³-hybridized carbons (Fsp3) is 0.667. The Morgan fingerprint density at radius 1 is 1.05 bits per heavy atom. The molecule has 2 heterocycles. The summed E-state index contributed by atoms with van der Waals surface area (Å²) in [6, 6.07) is 11.6. The minimum absolute atomic E-state index is 0.744. The molecule has 1 aromatic carbocycles. The van der Waals surface area contributed by atoms with Gasteiger partial charge in [0.25, 0.3) is 0 Å². The summed E-state index contributed by atoms with van der Waals surface area (Å²) in [5.41, 5.74) is 2.93. The molecule has 2 aliphatic heterocycles. The zero-order valence-electron chi connectivity index (χ0n) is 12.9. The van der Waals surface area contributed by atoms with E-state index in [2.05, 4.69) is 48.3 Å². The van der Waals surface area contributed by atoms with Crippen LogP contribution in [0.2, 0.25) is 0 Å². The molecule has 0 spiro atoms. The molecule has 110 valence electrons. The second-order valence-corrected chi connectivity index (χ2v) is 6.43. The molecule has 2 heteroatoms. The molecule has 0 aromatic heterocycles. The normalized spacial score (nSPS) is 28.9. The number of benzene rings is 1. The summed E-state index contributed by atoms with van der Waals surface area (Å²) in [5.74, 6) is 0. The van der Waals surface area contributed by atoms with E-state index in [4.69, 9.17) is 0 Å². The SMILES string of the molecule is CCCc1ccc(N2C3CCC2CC(NCC)C3)cc1. The van der Waals surface area contributed by atoms with Crippen molar-refractivity contribution in [1.82, 2.24) is 5.32 Å². The molecule has 0 radical (unpaired) electrons. The molecule has 2 fully saturated rings. The summed E-state index contributed by atoms with van der Waals surface area (Å²) in [6.45, 7) is 5.58. The largest absolute Gasteiger partial charge is 0.365 e. The molecule has 2 atom stereocenters. The van der Waals surface area contributed by atoms with Gasteiger partial charge < -0.3 is 10.2 Å². The molecule has 2 unspecified atom stereocenters. The molecule has 0 amide bonds. The van der Waals surface area contributed by atoms with E-state index in [9.17, 15) is 0 Å². The zero-order valence-corrected chi connectivity index (χ0v) is 12.9. The van der Waals surface area contributed by atoms with E-state index in [1.807, 2.05) is 0 Å². The van der Waals surface area contributed by atoms with Gasteiger partial charge in [0.05, 0.1) is 0 Å². The van der Waals surface area contributed by atoms with Gasteiger partial charge in [-0.25, -0.2) is 0 Å². The maximum Gasteiger partial charge on any atom is 0.0371 e. The molecule has 3 rings (SSSR count). The Balaban J connectivity index is 1.71. The summed E-state index contributed by atoms with van der Waals surface area (Å²) in [5, 5.41) is 3.66. The first-order valence-electron chi connectivity index (χ1n) is 8.42. The van der Waals surface area contributed by atoms with Gasteiger partial charge in [0.2, 0.25) is 0 Å². The van der Waals surface area contributed by atoms with Gasteiger partial charge in [-0.3, -0.25) is 0 Å². The number of nitrogens with one attached hydrogen (secondary N) is 1. The van der Waals surface area contributed by atoms with Crippen LogP contribution >= 0.6 is 0 Å². The lowest BCUT2D eigenvalue weighted by Crippen LogP contribution is -2.49. The van der Waals surface area contributed by atoms with Crippen molar-refractivity contribution in [3.05, 3.63) is 29.8 Å². The van der Waals surface area contributed by atoms with Crippen LogP contribution in [0.1, 0.15) is 51.5 Å². The third-order valence-electron chi connectivity index (χ3n) is 5.00. The summed E-state index contributed by atoms with van der Waals surface area (Å²) < 4.78 is 0. The number of rotatable bonds is 5. The number of nitrogens with zero attached hydrogens (tertiary/aromatic N) is 1. The molecule has 2 nitrogen and oxygen atoms in total. The van der Waals surface area contributed by atoms with Crippen LogP contribution in [0.5, 0.6) is 0 Å². The van der Waals surface area contributed by atoms with Gasteiger partial charge in [-0.15, -0.1) is 0 Å². The lowest BCUT2D eigenvalue weighted by molar-refractivity contribution is 0.361. The first-order chi connectivity index (χ1) is 9.81. The molecule has 1 N–H and O–H groups in total. The van der Waals surface area contributed by atoms with Crippen molar-refractivity contribution >= 4 is 5.69 Å². The third-order valence-corrected chi connectivity index (χ3v) is 5.00. The highest BCUT2D eigenvalue weighted by Gasteiger charge is 2.40. The Hall–Kier alpha value is -1.02. The van der Waals surface area contributed by atoms with Crippen molar-refractivity contribution in [1.29, 1.82) is 0 Å². The Labute approximate surface area is 123 Å². The quantitative estimate of drug-likeness (QED) is 0.878. The van der Waals surface area contributed by atoms with Crippen LogP contribution in [0.3, 0.4) is 0 Å². The van der Waals surface area contributed by atoms with Crippen LogP contribution in [0.4, 0.5) is 5.69 Å². The predicted molar refractivity (Wildman–Crippen MR) is 86.4 cm³/mol. The lowest BCUT2D eigenvalue weighted by Gasteiger charge is -2.41. The van der Waals surface area contributed by atoms with Gasteiger partial charge in [0.15, 0.2) is 0 Å². The Morgan fingerprint density at radius 3 is 2.25 bits per heavy atom. The number of hydrogen-bond acceptors (Lipinski definition) is 2. The summed E-state index contributed by atoms with van der Waals surface area (Å²) in [4.78, 5) is 2.71. The number of fused-ring (bicyclic) bond motifs is 2. The maximum atomic E-state index is 3.66. The van der Waals surface area contributed by atoms with Gasteiger partial charge in [-0.2, -0.15) is 0 Å². The van der Waals surface area contributed by atoms with Crippen LogP contribution in [0.15, 0.2) is 24.3 Å². The number of aryl methyl sites for hydroxylation is 1. The first-order valence-corrected chi connectivity index (χ1v) is 8.42. The van der Waals surface area contributed by atoms with Crippen molar-refractivity contribution in [2.45, 2.75) is 70.5 Å². The molecule has 1 aromatic rings. The standard InChI is InChI=1S/C18H28N2/c1-3-5-14-6-8-16(9-7-14)20-17-10-11-18(20)13-15(12-17)19-4-2/h6-9,15,17-19H,3-5,10-13H2,1-2H3. The summed E-state index contributed by atoms with van der Waals surface area (Å²) in [7, 11) is 0. The fourth-order valence-electron chi connectivity index (χ4n) is 4.18. The molecule has 2 bridgehead atoms. The van der Waals surface area contributed by atoms with Crippen LogP contribution in [-0.4, -0.2) is 24.7 Å². The average Bonchev–Trinajstić information content (AvgIpc) is 2.72. The smallest absolute Gasteiger partial charge is 0.0371 e. The first kappa shape index (κ1) is 13.9. The van der Waals surface area contributed by atoms with Gasteiger partial charge in [-0.1, -0.05) is 32.4 Å². The average molecular weight is 272 g/mol. The number of piperidine rings is 1. The Morgan fingerprint density at radius 2 is 1.70 bits per heavy atom. The highest BCUT2D eigenvalue weighted by molar-refractivity contribution is 5.51. The van der Waals surface area contributed by atoms with E-state index in [0.29, 0.717) is 0 Å². The minimum Gasteiger partial charge on any atom is -0.365 e. The zero-order chi connectivity index (χ0) is 13.9. The van der Waals surface area contributed by atoms with Crippen molar-refractivity contribution in [3.8, 4) is 0 Å². The predicted octanol–water partition coefficient (Wildman–Crippen LogP) is 3.75. The van der Waals surface area contributed by atoms with Crippen LogP contribution in [0, 0.1) is 0 Å². The van der Waals surface area contributed by atoms with Crippen LogP contribution in [0.25, 0.3) is 0 Å². The molecule has 0 saturated carbocycles. The fourth-order valence-corrected chi connectivity index (χ4v) is 4.18. The molecule has 2 aliphatic rings. The van der Waals surface area contributed by atoms with Crippen LogP contribution < -0.4 is 10.2 Å². The van der Waals surface area contributed by atoms with E-state index >= 15 is 0 Å². The number of hydrogen-bond donors (Lipinski definition) is 1. The molecule has 0 aliphatic carbocycles. The van der Waals surface area contributed by atoms with Gasteiger partial charge in [-0.05, 0) is 56.3 Å². The molecular weight excluding hydrogens is 244 g/mol. The Kier molecular flexibility index (Phi) is 4.30. The topological polar surface area (TPSA) is 15.3 Å². The van der Waals surface area contributed by atoms with Crippen molar-refractivity contribution in [3.63, 3.8) is 0 Å². The van der Waals surface area contributed by atoms with E-state index in [0.717, 1.165) is 24.7 Å².